The molecule has 0 radical (unpaired) electrons. The van der Waals surface area contributed by atoms with Crippen molar-refractivity contribution < 1.29 is 0 Å². The first-order chi connectivity index (χ1) is 26.8. The van der Waals surface area contributed by atoms with Crippen molar-refractivity contribution >= 4 is 75.7 Å². The van der Waals surface area contributed by atoms with Gasteiger partial charge >= 0.3 is 0 Å². The number of hydrogen-bond donors (Lipinski definition) is 0. The lowest BCUT2D eigenvalue weighted by Crippen LogP contribution is -1.99. The fourth-order valence-corrected chi connectivity index (χ4v) is 9.16. The van der Waals surface area contributed by atoms with Gasteiger partial charge < -0.3 is 0 Å². The molecule has 1 aromatic heterocycles. The van der Waals surface area contributed by atoms with Crippen LogP contribution in [-0.4, -0.2) is 9.97 Å². The highest BCUT2D eigenvalue weighted by atomic mass is 14.8. The fourth-order valence-electron chi connectivity index (χ4n) is 9.16. The van der Waals surface area contributed by atoms with Crippen LogP contribution in [0.2, 0.25) is 0 Å². The molecule has 2 nitrogen and oxygen atoms in total. The van der Waals surface area contributed by atoms with Crippen molar-refractivity contribution in [3.63, 3.8) is 0 Å². The third kappa shape index (κ3) is 4.17. The zero-order valence-electron chi connectivity index (χ0n) is 29.2. The Morgan fingerprint density at radius 2 is 0.556 bits per heavy atom. The second kappa shape index (κ2) is 11.2. The van der Waals surface area contributed by atoms with Gasteiger partial charge in [-0.05, 0) is 99.0 Å². The number of hydrogen-bond acceptors (Lipinski definition) is 2. The minimum atomic E-state index is 0.875. The zero-order valence-corrected chi connectivity index (χ0v) is 29.2. The lowest BCUT2D eigenvalue weighted by molar-refractivity contribution is 1.29. The van der Waals surface area contributed by atoms with E-state index < -0.39 is 0 Å². The highest BCUT2D eigenvalue weighted by molar-refractivity contribution is 6.27. The summed E-state index contributed by atoms with van der Waals surface area (Å²) in [5, 5.41) is 15.3. The number of benzene rings is 11. The van der Waals surface area contributed by atoms with E-state index in [0.29, 0.717) is 0 Å². The van der Waals surface area contributed by atoms with Crippen LogP contribution in [0.1, 0.15) is 0 Å². The largest absolute Gasteiger partial charge is 0.244 e. The number of aromatic nitrogens is 2. The second-order valence-corrected chi connectivity index (χ2v) is 14.4. The molecule has 54 heavy (non-hydrogen) atoms. The predicted octanol–water partition coefficient (Wildman–Crippen LogP) is 14.1. The van der Waals surface area contributed by atoms with E-state index in [4.69, 9.17) is 9.97 Å². The van der Waals surface area contributed by atoms with Crippen molar-refractivity contribution in [1.82, 2.24) is 9.97 Å². The molecule has 0 unspecified atom stereocenters. The fraction of sp³-hybridized carbons (Fsp3) is 0. The molecular formula is C52H30N2. The molecule has 0 aliphatic carbocycles. The highest BCUT2D eigenvalue weighted by Crippen LogP contribution is 2.46. The summed E-state index contributed by atoms with van der Waals surface area (Å²) in [5.41, 5.74) is 10.3. The van der Waals surface area contributed by atoms with Gasteiger partial charge in [0, 0.05) is 11.1 Å². The van der Waals surface area contributed by atoms with E-state index in [1.54, 1.807) is 0 Å². The van der Waals surface area contributed by atoms with Crippen LogP contribution in [0.4, 0.5) is 0 Å². The van der Waals surface area contributed by atoms with Gasteiger partial charge in [0.05, 0.1) is 22.4 Å². The first-order valence-corrected chi connectivity index (χ1v) is 18.6. The molecule has 0 aliphatic heterocycles. The van der Waals surface area contributed by atoms with Crippen molar-refractivity contribution in [1.29, 1.82) is 0 Å². The van der Waals surface area contributed by atoms with E-state index in [9.17, 15) is 0 Å². The summed E-state index contributed by atoms with van der Waals surface area (Å²) >= 11 is 0. The Morgan fingerprint density at radius 3 is 0.981 bits per heavy atom. The maximum absolute atomic E-state index is 5.47. The average Bonchev–Trinajstić information content (AvgIpc) is 3.24. The van der Waals surface area contributed by atoms with Gasteiger partial charge in [-0.3, -0.25) is 0 Å². The van der Waals surface area contributed by atoms with Gasteiger partial charge in [-0.15, -0.1) is 0 Å². The Kier molecular flexibility index (Phi) is 6.09. The number of para-hydroxylation sites is 2. The number of nitrogens with zero attached hydrogens (tertiary/aromatic N) is 2. The third-order valence-corrected chi connectivity index (χ3v) is 11.6. The van der Waals surface area contributed by atoms with Gasteiger partial charge in [0.1, 0.15) is 0 Å². The Morgan fingerprint density at radius 1 is 0.222 bits per heavy atom. The predicted molar refractivity (Wildman–Crippen MR) is 229 cm³/mol. The Bertz CT molecular complexity index is 3190. The van der Waals surface area contributed by atoms with Crippen LogP contribution in [-0.2, 0) is 0 Å². The Balaban J connectivity index is 1.14. The summed E-state index contributed by atoms with van der Waals surface area (Å²) in [6, 6.07) is 66.1. The first-order valence-electron chi connectivity index (χ1n) is 18.6. The smallest absolute Gasteiger partial charge is 0.0979 e. The van der Waals surface area contributed by atoms with Gasteiger partial charge in [0.2, 0.25) is 0 Å². The second-order valence-electron chi connectivity index (χ2n) is 14.4. The van der Waals surface area contributed by atoms with Crippen molar-refractivity contribution in [2.24, 2.45) is 0 Å². The summed E-state index contributed by atoms with van der Waals surface area (Å²) in [6.45, 7) is 0. The summed E-state index contributed by atoms with van der Waals surface area (Å²) in [4.78, 5) is 10.9. The maximum Gasteiger partial charge on any atom is 0.0979 e. The summed E-state index contributed by atoms with van der Waals surface area (Å²) in [5.74, 6) is 0. The molecule has 0 N–H and O–H groups in total. The van der Waals surface area contributed by atoms with Crippen LogP contribution in [0.25, 0.3) is 120 Å². The molecule has 0 bridgehead atoms. The van der Waals surface area contributed by atoms with Crippen LogP contribution in [0, 0.1) is 0 Å². The minimum Gasteiger partial charge on any atom is -0.244 e. The Labute approximate surface area is 311 Å². The molecule has 0 spiro atoms. The quantitative estimate of drug-likeness (QED) is 0.173. The summed E-state index contributed by atoms with van der Waals surface area (Å²) in [6.07, 6.45) is 0. The van der Waals surface area contributed by atoms with E-state index in [-0.39, 0.29) is 0 Å². The molecule has 2 heteroatoms. The van der Waals surface area contributed by atoms with Crippen LogP contribution >= 0.6 is 0 Å². The van der Waals surface area contributed by atoms with Gasteiger partial charge in [-0.1, -0.05) is 170 Å². The number of rotatable bonds is 4. The molecule has 0 atom stereocenters. The van der Waals surface area contributed by atoms with Gasteiger partial charge in [-0.2, -0.15) is 0 Å². The molecule has 11 aromatic carbocycles. The SMILES string of the molecule is c1ccc(-c2ccc3ccc4cccc5ccc2c3c45)c(-c2nc3ccccc3nc2-c2ccccc2-c2ccc3ccc4cccc5ccc2c3c45)c1. The van der Waals surface area contributed by atoms with E-state index >= 15 is 0 Å². The summed E-state index contributed by atoms with van der Waals surface area (Å²) in [7, 11) is 0. The first kappa shape index (κ1) is 29.4. The van der Waals surface area contributed by atoms with Gasteiger partial charge in [0.25, 0.3) is 0 Å². The standard InChI is InChI=1S/C52H30N2/c1-3-15-43(37(13-1)39-27-23-35-21-19-31-9-7-11-33-25-29-41(39)49(35)47(31)33)51-52(54-46-18-6-5-17-45(46)53-51)44-16-4-2-14-38(44)40-28-24-36-22-20-32-10-8-12-34-26-30-42(40)50(36)48(32)34/h1-30H. The van der Waals surface area contributed by atoms with Crippen LogP contribution in [0.3, 0.4) is 0 Å². The van der Waals surface area contributed by atoms with Gasteiger partial charge in [0.15, 0.2) is 0 Å². The summed E-state index contributed by atoms with van der Waals surface area (Å²) < 4.78 is 0. The molecule has 0 amide bonds. The van der Waals surface area contributed by atoms with E-state index in [1.165, 1.54) is 75.8 Å². The highest BCUT2D eigenvalue weighted by Gasteiger charge is 2.22. The van der Waals surface area contributed by atoms with Crippen molar-refractivity contribution in [2.45, 2.75) is 0 Å². The molecule has 12 rings (SSSR count). The van der Waals surface area contributed by atoms with Crippen molar-refractivity contribution in [3.05, 3.63) is 182 Å². The normalized spacial score (nSPS) is 12.1. The van der Waals surface area contributed by atoms with Gasteiger partial charge in [-0.25, -0.2) is 9.97 Å². The topological polar surface area (TPSA) is 25.8 Å². The molecule has 0 saturated heterocycles. The number of fused-ring (bicyclic) bond motifs is 1. The van der Waals surface area contributed by atoms with E-state index in [2.05, 4.69) is 170 Å². The van der Waals surface area contributed by atoms with Crippen molar-refractivity contribution in [2.75, 3.05) is 0 Å². The van der Waals surface area contributed by atoms with Crippen LogP contribution in [0.5, 0.6) is 0 Å². The zero-order chi connectivity index (χ0) is 35.3. The molecular weight excluding hydrogens is 653 g/mol. The Hall–Kier alpha value is -7.16. The third-order valence-electron chi connectivity index (χ3n) is 11.6. The van der Waals surface area contributed by atoms with E-state index in [0.717, 1.165) is 44.7 Å². The van der Waals surface area contributed by atoms with Crippen LogP contribution < -0.4 is 0 Å². The lowest BCUT2D eigenvalue weighted by atomic mass is 9.86. The van der Waals surface area contributed by atoms with E-state index in [1.807, 2.05) is 12.1 Å². The maximum atomic E-state index is 5.47. The lowest BCUT2D eigenvalue weighted by Gasteiger charge is -2.19. The monoisotopic (exact) mass is 682 g/mol. The van der Waals surface area contributed by atoms with Crippen molar-refractivity contribution in [3.8, 4) is 44.8 Å². The minimum absolute atomic E-state index is 0.875. The molecule has 1 heterocycles. The molecule has 248 valence electrons. The molecule has 0 aliphatic rings. The molecule has 12 aromatic rings. The molecule has 0 fully saturated rings. The average molecular weight is 683 g/mol. The van der Waals surface area contributed by atoms with Crippen LogP contribution in [0.15, 0.2) is 182 Å². The molecule has 0 saturated carbocycles.